The minimum atomic E-state index is -4.39. The Labute approximate surface area is 183 Å². The first-order chi connectivity index (χ1) is 14.8. The smallest absolute Gasteiger partial charge is 0.379 e. The van der Waals surface area contributed by atoms with Gasteiger partial charge < -0.3 is 9.47 Å². The monoisotopic (exact) mass is 435 g/mol. The molecule has 3 rings (SSSR count). The summed E-state index contributed by atoms with van der Waals surface area (Å²) in [4.78, 5) is 2.31. The lowest BCUT2D eigenvalue weighted by Crippen LogP contribution is -2.53. The maximum Gasteiger partial charge on any atom is 0.417 e. The van der Waals surface area contributed by atoms with Crippen molar-refractivity contribution >= 4 is 0 Å². The summed E-state index contributed by atoms with van der Waals surface area (Å²) < 4.78 is 52.6. The van der Waals surface area contributed by atoms with Crippen LogP contribution in [0.3, 0.4) is 0 Å². The second-order valence-corrected chi connectivity index (χ2v) is 8.46. The number of hydrogen-bond acceptors (Lipinski definition) is 3. The molecule has 1 atom stereocenters. The Morgan fingerprint density at radius 3 is 1.84 bits per heavy atom. The molecule has 0 heterocycles. The van der Waals surface area contributed by atoms with Gasteiger partial charge in [-0.1, -0.05) is 60.7 Å². The van der Waals surface area contributed by atoms with Gasteiger partial charge in [0.15, 0.2) is 5.60 Å². The van der Waals surface area contributed by atoms with Crippen LogP contribution >= 0.6 is 0 Å². The summed E-state index contributed by atoms with van der Waals surface area (Å²) in [5.41, 5.74) is 0.245. The van der Waals surface area contributed by atoms with Crippen molar-refractivity contribution < 1.29 is 22.6 Å². The van der Waals surface area contributed by atoms with Crippen LogP contribution in [0.5, 0.6) is 0 Å². The lowest BCUT2D eigenvalue weighted by atomic mass is 9.80. The van der Waals surface area contributed by atoms with E-state index in [1.807, 2.05) is 36.4 Å². The average molecular weight is 436 g/mol. The fraction of sp³-hybridized carbons (Fsp3) is 0.520. The van der Waals surface area contributed by atoms with Gasteiger partial charge in [0.1, 0.15) is 0 Å². The van der Waals surface area contributed by atoms with Crippen LogP contribution in [-0.4, -0.2) is 42.5 Å². The van der Waals surface area contributed by atoms with E-state index in [4.69, 9.17) is 9.47 Å². The normalized spacial score (nSPS) is 23.1. The second-order valence-electron chi connectivity index (χ2n) is 8.46. The molecule has 31 heavy (non-hydrogen) atoms. The minimum Gasteiger partial charge on any atom is -0.379 e. The Balaban J connectivity index is 1.73. The number of hydrogen-bond donors (Lipinski definition) is 0. The van der Waals surface area contributed by atoms with Gasteiger partial charge in [0.05, 0.1) is 12.7 Å². The highest BCUT2D eigenvalue weighted by molar-refractivity contribution is 5.17. The number of methoxy groups -OCH3 is 1. The van der Waals surface area contributed by atoms with Gasteiger partial charge in [-0.25, -0.2) is 0 Å². The van der Waals surface area contributed by atoms with E-state index in [9.17, 15) is 13.2 Å². The third kappa shape index (κ3) is 6.31. The van der Waals surface area contributed by atoms with Crippen LogP contribution < -0.4 is 0 Å². The van der Waals surface area contributed by atoms with Crippen LogP contribution in [0.2, 0.25) is 0 Å². The molecule has 2 aromatic carbocycles. The maximum absolute atomic E-state index is 14.0. The van der Waals surface area contributed by atoms with Gasteiger partial charge in [-0.05, 0) is 43.7 Å². The third-order valence-electron chi connectivity index (χ3n) is 6.25. The number of halogens is 3. The SMILES string of the molecule is COC(C)CO[C@]1(C(F)(F)F)CC[C@@H](N(Cc2ccccc2)Cc2ccccc2)CC1. The molecule has 3 nitrogen and oxygen atoms in total. The van der Waals surface area contributed by atoms with Crippen molar-refractivity contribution in [2.24, 2.45) is 0 Å². The van der Waals surface area contributed by atoms with E-state index in [1.54, 1.807) is 6.92 Å². The van der Waals surface area contributed by atoms with Crippen LogP contribution in [-0.2, 0) is 22.6 Å². The molecule has 2 aromatic rings. The van der Waals surface area contributed by atoms with Crippen molar-refractivity contribution in [3.05, 3.63) is 71.8 Å². The number of ether oxygens (including phenoxy) is 2. The Hall–Kier alpha value is -1.89. The first kappa shape index (κ1) is 23.8. The van der Waals surface area contributed by atoms with Crippen molar-refractivity contribution in [1.82, 2.24) is 4.90 Å². The predicted octanol–water partition coefficient (Wildman–Crippen LogP) is 5.98. The summed E-state index contributed by atoms with van der Waals surface area (Å²) in [7, 11) is 1.48. The fourth-order valence-corrected chi connectivity index (χ4v) is 4.24. The zero-order valence-corrected chi connectivity index (χ0v) is 18.3. The standard InChI is InChI=1S/C25H32F3NO2/c1-20(30-2)19-31-24(25(26,27)28)15-13-23(14-16-24)29(17-21-9-5-3-6-10-21)18-22-11-7-4-8-12-22/h3-12,20,23H,13-19H2,1-2H3/t20?,23-,24-. The lowest BCUT2D eigenvalue weighted by Gasteiger charge is -2.44. The quantitative estimate of drug-likeness (QED) is 0.483. The molecule has 1 unspecified atom stereocenters. The topological polar surface area (TPSA) is 21.7 Å². The van der Waals surface area contributed by atoms with Gasteiger partial charge >= 0.3 is 6.18 Å². The van der Waals surface area contributed by atoms with Crippen molar-refractivity contribution in [3.63, 3.8) is 0 Å². The van der Waals surface area contributed by atoms with E-state index >= 15 is 0 Å². The van der Waals surface area contributed by atoms with Crippen molar-refractivity contribution in [3.8, 4) is 0 Å². The molecule has 1 aliphatic rings. The molecule has 0 spiro atoms. The summed E-state index contributed by atoms with van der Waals surface area (Å²) >= 11 is 0. The molecule has 0 amide bonds. The van der Waals surface area contributed by atoms with Crippen LogP contribution in [0.15, 0.2) is 60.7 Å². The van der Waals surface area contributed by atoms with Gasteiger partial charge in [-0.15, -0.1) is 0 Å². The van der Waals surface area contributed by atoms with Crippen LogP contribution in [0.1, 0.15) is 43.7 Å². The Morgan fingerprint density at radius 1 is 0.935 bits per heavy atom. The van der Waals surface area contributed by atoms with E-state index in [-0.39, 0.29) is 31.6 Å². The number of benzene rings is 2. The van der Waals surface area contributed by atoms with Crippen molar-refractivity contribution in [2.75, 3.05) is 13.7 Å². The van der Waals surface area contributed by atoms with E-state index in [2.05, 4.69) is 29.2 Å². The third-order valence-corrected chi connectivity index (χ3v) is 6.25. The van der Waals surface area contributed by atoms with Crippen molar-refractivity contribution in [1.29, 1.82) is 0 Å². The number of alkyl halides is 3. The van der Waals surface area contributed by atoms with Crippen molar-refractivity contribution in [2.45, 2.75) is 69.6 Å². The molecule has 1 saturated carbocycles. The molecule has 0 saturated heterocycles. The Kier molecular flexibility index (Phi) is 8.14. The zero-order chi connectivity index (χ0) is 22.3. The molecule has 1 fully saturated rings. The number of nitrogens with zero attached hydrogens (tertiary/aromatic N) is 1. The van der Waals surface area contributed by atoms with E-state index in [0.717, 1.165) is 11.1 Å². The van der Waals surface area contributed by atoms with Gasteiger partial charge in [0, 0.05) is 26.2 Å². The van der Waals surface area contributed by atoms with Gasteiger partial charge in [0.25, 0.3) is 0 Å². The Morgan fingerprint density at radius 2 is 1.42 bits per heavy atom. The fourth-order valence-electron chi connectivity index (χ4n) is 4.24. The molecule has 0 bridgehead atoms. The minimum absolute atomic E-state index is 0.0301. The molecule has 0 aliphatic heterocycles. The second kappa shape index (κ2) is 10.6. The summed E-state index contributed by atoms with van der Waals surface area (Å²) in [5, 5.41) is 0. The summed E-state index contributed by atoms with van der Waals surface area (Å²) in [6, 6.07) is 20.3. The molecule has 6 heteroatoms. The summed E-state index contributed by atoms with van der Waals surface area (Å²) in [6.07, 6.45) is -3.93. The lowest BCUT2D eigenvalue weighted by molar-refractivity contribution is -0.294. The molecule has 0 aromatic heterocycles. The first-order valence-corrected chi connectivity index (χ1v) is 10.9. The predicted molar refractivity (Wildman–Crippen MR) is 116 cm³/mol. The van der Waals surface area contributed by atoms with E-state index in [1.165, 1.54) is 7.11 Å². The molecular formula is C25H32F3NO2. The highest BCUT2D eigenvalue weighted by atomic mass is 19.4. The molecule has 170 valence electrons. The largest absolute Gasteiger partial charge is 0.417 e. The van der Waals surface area contributed by atoms with Crippen LogP contribution in [0.4, 0.5) is 13.2 Å². The zero-order valence-electron chi connectivity index (χ0n) is 18.3. The van der Waals surface area contributed by atoms with Gasteiger partial charge in [0.2, 0.25) is 0 Å². The first-order valence-electron chi connectivity index (χ1n) is 10.9. The van der Waals surface area contributed by atoms with Crippen LogP contribution in [0, 0.1) is 0 Å². The molecular weight excluding hydrogens is 403 g/mol. The average Bonchev–Trinajstić information content (AvgIpc) is 2.78. The summed E-state index contributed by atoms with van der Waals surface area (Å²) in [6.45, 7) is 3.08. The highest BCUT2D eigenvalue weighted by Crippen LogP contribution is 2.45. The highest BCUT2D eigenvalue weighted by Gasteiger charge is 2.57. The molecule has 0 radical (unpaired) electrons. The van der Waals surface area contributed by atoms with Gasteiger partial charge in [-0.2, -0.15) is 13.2 Å². The number of rotatable bonds is 9. The molecule has 0 N–H and O–H groups in total. The van der Waals surface area contributed by atoms with Gasteiger partial charge in [-0.3, -0.25) is 4.90 Å². The van der Waals surface area contributed by atoms with Crippen LogP contribution in [0.25, 0.3) is 0 Å². The van der Waals surface area contributed by atoms with E-state index in [0.29, 0.717) is 25.9 Å². The summed E-state index contributed by atoms with van der Waals surface area (Å²) in [5.74, 6) is 0. The van der Waals surface area contributed by atoms with E-state index < -0.39 is 11.8 Å². The molecule has 1 aliphatic carbocycles. The maximum atomic E-state index is 14.0. The Bertz CT molecular complexity index is 733.